The average Bonchev–Trinajstić information content (AvgIpc) is 3.77. The van der Waals surface area contributed by atoms with Gasteiger partial charge in [-0.1, -0.05) is 23.2 Å². The van der Waals surface area contributed by atoms with Gasteiger partial charge in [0.25, 0.3) is 0 Å². The van der Waals surface area contributed by atoms with E-state index >= 15 is 0 Å². The van der Waals surface area contributed by atoms with E-state index in [0.717, 1.165) is 74.5 Å². The van der Waals surface area contributed by atoms with Gasteiger partial charge in [0, 0.05) is 84.7 Å². The Morgan fingerprint density at radius 3 is 1.46 bits per heavy atom. The number of nitrogens with zero attached hydrogens (tertiary/aromatic N) is 6. The number of H-pyrrole nitrogens is 2. The highest BCUT2D eigenvalue weighted by molar-refractivity contribution is 6.31. The SMILES string of the molecule is CC(=O)NC1CCCC(Nc2nc(-c3c[nH]c4ncc(Cl)cc34)ncc2F)C1.CC(=O)NC1CCCC(Nc2nc(-c3c[nH]c4ncc(Cl)cc34)ncc2F)C1. The molecule has 4 unspecified atom stereocenters. The van der Waals surface area contributed by atoms with E-state index in [4.69, 9.17) is 23.2 Å². The molecule has 18 heteroatoms. The van der Waals surface area contributed by atoms with Gasteiger partial charge in [-0.15, -0.1) is 0 Å². The lowest BCUT2D eigenvalue weighted by Gasteiger charge is -2.30. The van der Waals surface area contributed by atoms with E-state index < -0.39 is 11.6 Å². The maximum absolute atomic E-state index is 14.4. The zero-order valence-electron chi connectivity index (χ0n) is 30.6. The molecule has 6 heterocycles. The van der Waals surface area contributed by atoms with Crippen molar-refractivity contribution in [1.29, 1.82) is 0 Å². The summed E-state index contributed by atoms with van der Waals surface area (Å²) in [6.07, 6.45) is 15.9. The standard InChI is InChI=1S/2C19H20ClFN6O/c2*1-10(28)25-12-3-2-4-13(6-12)26-19-16(21)9-24-18(27-19)15-8-23-17-14(15)5-11(20)7-22-17/h2*5,7-9,12-13H,2-4,6H2,1H3,(H,22,23)(H,25,28)(H,24,26,27). The van der Waals surface area contributed by atoms with E-state index in [9.17, 15) is 18.4 Å². The van der Waals surface area contributed by atoms with Crippen molar-refractivity contribution >= 4 is 68.7 Å². The Morgan fingerprint density at radius 2 is 1.05 bits per heavy atom. The molecule has 0 aromatic carbocycles. The molecule has 56 heavy (non-hydrogen) atoms. The number of aromatic nitrogens is 8. The number of hydrogen-bond donors (Lipinski definition) is 6. The maximum Gasteiger partial charge on any atom is 0.217 e. The van der Waals surface area contributed by atoms with E-state index in [1.807, 2.05) is 0 Å². The molecule has 0 radical (unpaired) electrons. The van der Waals surface area contributed by atoms with Crippen LogP contribution in [0.5, 0.6) is 0 Å². The molecule has 4 atom stereocenters. The number of pyridine rings is 2. The van der Waals surface area contributed by atoms with Crippen molar-refractivity contribution in [1.82, 2.24) is 50.5 Å². The largest absolute Gasteiger partial charge is 0.365 e. The first-order valence-corrected chi connectivity index (χ1v) is 19.1. The summed E-state index contributed by atoms with van der Waals surface area (Å²) in [7, 11) is 0. The molecule has 292 valence electrons. The van der Waals surface area contributed by atoms with Crippen molar-refractivity contribution < 1.29 is 18.4 Å². The molecular formula is C38H40Cl2F2N12O2. The molecule has 8 rings (SSSR count). The maximum atomic E-state index is 14.4. The molecule has 6 N–H and O–H groups in total. The molecule has 0 spiro atoms. The van der Waals surface area contributed by atoms with Crippen LogP contribution in [0.1, 0.15) is 65.2 Å². The zero-order chi connectivity index (χ0) is 39.3. The summed E-state index contributed by atoms with van der Waals surface area (Å²) in [6.45, 7) is 3.02. The Labute approximate surface area is 330 Å². The van der Waals surface area contributed by atoms with Crippen LogP contribution in [0.25, 0.3) is 44.8 Å². The average molecular weight is 806 g/mol. The number of carbonyl (C=O) groups is 2. The molecule has 0 aliphatic heterocycles. The number of aromatic amines is 2. The quantitative estimate of drug-likeness (QED) is 0.0907. The highest BCUT2D eigenvalue weighted by Crippen LogP contribution is 2.31. The van der Waals surface area contributed by atoms with E-state index in [0.29, 0.717) is 44.1 Å². The van der Waals surface area contributed by atoms with Gasteiger partial charge in [-0.25, -0.2) is 38.7 Å². The van der Waals surface area contributed by atoms with Gasteiger partial charge in [-0.05, 0) is 63.5 Å². The van der Waals surface area contributed by atoms with E-state index in [2.05, 4.69) is 61.1 Å². The summed E-state index contributed by atoms with van der Waals surface area (Å²) < 4.78 is 28.7. The predicted octanol–water partition coefficient (Wildman–Crippen LogP) is 7.34. The number of nitrogens with one attached hydrogen (secondary N) is 6. The van der Waals surface area contributed by atoms with Crippen LogP contribution < -0.4 is 21.3 Å². The van der Waals surface area contributed by atoms with Crippen LogP contribution >= 0.6 is 23.2 Å². The summed E-state index contributed by atoms with van der Waals surface area (Å²) in [6, 6.07) is 3.79. The number of anilines is 2. The Kier molecular flexibility index (Phi) is 11.9. The van der Waals surface area contributed by atoms with Crippen LogP contribution in [-0.2, 0) is 9.59 Å². The van der Waals surface area contributed by atoms with Crippen LogP contribution in [0.2, 0.25) is 10.0 Å². The third kappa shape index (κ3) is 9.30. The second-order valence-corrected chi connectivity index (χ2v) is 15.0. The van der Waals surface area contributed by atoms with Gasteiger partial charge in [0.05, 0.1) is 22.4 Å². The fourth-order valence-electron chi connectivity index (χ4n) is 7.39. The van der Waals surface area contributed by atoms with Crippen molar-refractivity contribution in [2.24, 2.45) is 0 Å². The third-order valence-electron chi connectivity index (χ3n) is 9.81. The van der Waals surface area contributed by atoms with Gasteiger partial charge in [0.1, 0.15) is 11.3 Å². The topological polar surface area (TPSA) is 191 Å². The molecular weight excluding hydrogens is 765 g/mol. The fraction of sp³-hybridized carbons (Fsp3) is 0.368. The number of hydrogen-bond acceptors (Lipinski definition) is 10. The Hall–Kier alpha value is -5.48. The van der Waals surface area contributed by atoms with Crippen molar-refractivity contribution in [3.05, 3.63) is 71.0 Å². The van der Waals surface area contributed by atoms with Crippen LogP contribution in [0.3, 0.4) is 0 Å². The molecule has 2 saturated carbocycles. The fourth-order valence-corrected chi connectivity index (χ4v) is 7.70. The third-order valence-corrected chi connectivity index (χ3v) is 10.2. The number of halogens is 4. The minimum absolute atomic E-state index is 0.0296. The number of rotatable bonds is 8. The summed E-state index contributed by atoms with van der Waals surface area (Å²) >= 11 is 12.1. The number of fused-ring (bicyclic) bond motifs is 2. The second-order valence-electron chi connectivity index (χ2n) is 14.1. The molecule has 2 aliphatic carbocycles. The minimum Gasteiger partial charge on any atom is -0.365 e. The molecule has 0 bridgehead atoms. The first-order chi connectivity index (χ1) is 27.0. The summed E-state index contributed by atoms with van der Waals surface area (Å²) in [5, 5.41) is 14.8. The Bertz CT molecular complexity index is 2210. The first kappa shape index (κ1) is 38.8. The predicted molar refractivity (Wildman–Crippen MR) is 211 cm³/mol. The summed E-state index contributed by atoms with van der Waals surface area (Å²) in [4.78, 5) is 54.2. The van der Waals surface area contributed by atoms with Crippen molar-refractivity contribution in [2.75, 3.05) is 10.6 Å². The number of amides is 2. The lowest BCUT2D eigenvalue weighted by molar-refractivity contribution is -0.120. The number of carbonyl (C=O) groups excluding carboxylic acids is 2. The van der Waals surface area contributed by atoms with Crippen molar-refractivity contribution in [2.45, 2.75) is 89.4 Å². The summed E-state index contributed by atoms with van der Waals surface area (Å²) in [5.41, 5.74) is 2.72. The van der Waals surface area contributed by atoms with Gasteiger partial charge in [0.15, 0.2) is 34.9 Å². The minimum atomic E-state index is -0.513. The van der Waals surface area contributed by atoms with E-state index in [1.165, 1.54) is 13.8 Å². The molecule has 2 fully saturated rings. The molecule has 2 aliphatic rings. The van der Waals surface area contributed by atoms with Crippen LogP contribution in [0.4, 0.5) is 20.4 Å². The lowest BCUT2D eigenvalue weighted by atomic mass is 9.91. The normalized spacial score (nSPS) is 19.5. The van der Waals surface area contributed by atoms with Crippen LogP contribution in [-0.4, -0.2) is 75.9 Å². The Morgan fingerprint density at radius 1 is 0.643 bits per heavy atom. The molecule has 6 aromatic heterocycles. The van der Waals surface area contributed by atoms with E-state index in [-0.39, 0.29) is 47.6 Å². The van der Waals surface area contributed by atoms with Gasteiger partial charge in [-0.3, -0.25) is 9.59 Å². The zero-order valence-corrected chi connectivity index (χ0v) is 32.1. The smallest absolute Gasteiger partial charge is 0.217 e. The van der Waals surface area contributed by atoms with Crippen molar-refractivity contribution in [3.8, 4) is 22.8 Å². The van der Waals surface area contributed by atoms with Crippen LogP contribution in [0.15, 0.2) is 49.3 Å². The van der Waals surface area contributed by atoms with Gasteiger partial charge < -0.3 is 31.2 Å². The lowest BCUT2D eigenvalue weighted by Crippen LogP contribution is -2.41. The van der Waals surface area contributed by atoms with Gasteiger partial charge in [0.2, 0.25) is 11.8 Å². The van der Waals surface area contributed by atoms with Crippen LogP contribution in [0, 0.1) is 11.6 Å². The molecule has 6 aromatic rings. The first-order valence-electron chi connectivity index (χ1n) is 18.4. The highest BCUT2D eigenvalue weighted by Gasteiger charge is 2.26. The summed E-state index contributed by atoms with van der Waals surface area (Å²) in [5.74, 6) is -0.0455. The van der Waals surface area contributed by atoms with Gasteiger partial charge >= 0.3 is 0 Å². The highest BCUT2D eigenvalue weighted by atomic mass is 35.5. The molecule has 2 amide bonds. The molecule has 14 nitrogen and oxygen atoms in total. The van der Waals surface area contributed by atoms with E-state index in [1.54, 1.807) is 36.9 Å². The van der Waals surface area contributed by atoms with Crippen molar-refractivity contribution in [3.63, 3.8) is 0 Å². The van der Waals surface area contributed by atoms with Gasteiger partial charge in [-0.2, -0.15) is 0 Å². The Balaban J connectivity index is 0.000000172. The monoisotopic (exact) mass is 804 g/mol. The second kappa shape index (κ2) is 17.1. The molecule has 0 saturated heterocycles.